The van der Waals surface area contributed by atoms with Crippen molar-refractivity contribution in [2.75, 3.05) is 6.54 Å². The molecular weight excluding hydrogens is 318 g/mol. The Labute approximate surface area is 127 Å². The molecule has 2 aromatic rings. The van der Waals surface area contributed by atoms with Crippen LogP contribution in [-0.2, 0) is 6.54 Å². The Morgan fingerprint density at radius 2 is 2.10 bits per heavy atom. The quantitative estimate of drug-likeness (QED) is 0.807. The van der Waals surface area contributed by atoms with Gasteiger partial charge in [-0.15, -0.1) is 0 Å². The normalized spacial score (nSPS) is 10.3. The Balaban J connectivity index is 2.15. The largest absolute Gasteiger partial charge is 0.333 e. The molecule has 0 atom stereocenters. The summed E-state index contributed by atoms with van der Waals surface area (Å²) in [6, 6.07) is 9.37. The van der Waals surface area contributed by atoms with Crippen molar-refractivity contribution in [3.05, 3.63) is 58.1 Å². The van der Waals surface area contributed by atoms with Crippen LogP contribution in [0.5, 0.6) is 0 Å². The molecule has 0 N–H and O–H groups in total. The predicted molar refractivity (Wildman–Crippen MR) is 81.3 cm³/mol. The molecule has 5 heteroatoms. The molecule has 1 amide bonds. The van der Waals surface area contributed by atoms with Crippen molar-refractivity contribution in [2.24, 2.45) is 0 Å². The lowest BCUT2D eigenvalue weighted by Crippen LogP contribution is -2.30. The lowest BCUT2D eigenvalue weighted by atomic mass is 10.2. The summed E-state index contributed by atoms with van der Waals surface area (Å²) in [6.45, 7) is 5.04. The summed E-state index contributed by atoms with van der Waals surface area (Å²) < 4.78 is 0.720. The Morgan fingerprint density at radius 3 is 2.70 bits per heavy atom. The van der Waals surface area contributed by atoms with Crippen molar-refractivity contribution in [2.45, 2.75) is 20.4 Å². The molecule has 0 aliphatic carbocycles. The number of amides is 1. The monoisotopic (exact) mass is 333 g/mol. The fraction of sp³-hybridized carbons (Fsp3) is 0.267. The predicted octanol–water partition coefficient (Wildman–Crippen LogP) is 3.21. The Kier molecular flexibility index (Phi) is 4.84. The lowest BCUT2D eigenvalue weighted by molar-refractivity contribution is 0.0750. The Morgan fingerprint density at radius 1 is 1.30 bits per heavy atom. The van der Waals surface area contributed by atoms with Gasteiger partial charge in [0.05, 0.1) is 17.8 Å². The zero-order valence-electron chi connectivity index (χ0n) is 11.5. The first kappa shape index (κ1) is 14.7. The van der Waals surface area contributed by atoms with Gasteiger partial charge in [0.15, 0.2) is 0 Å². The number of hydrogen-bond donors (Lipinski definition) is 0. The van der Waals surface area contributed by atoms with Crippen LogP contribution in [0.1, 0.15) is 28.7 Å². The maximum Gasteiger partial charge on any atom is 0.255 e. The smallest absolute Gasteiger partial charge is 0.255 e. The molecule has 2 rings (SSSR count). The summed E-state index contributed by atoms with van der Waals surface area (Å²) in [5, 5.41) is 0. The fourth-order valence-corrected chi connectivity index (χ4v) is 2.13. The summed E-state index contributed by atoms with van der Waals surface area (Å²) in [4.78, 5) is 22.7. The average molecular weight is 334 g/mol. The number of aromatic nitrogens is 2. The lowest BCUT2D eigenvalue weighted by Gasteiger charge is -2.20. The molecule has 0 aromatic carbocycles. The van der Waals surface area contributed by atoms with Crippen LogP contribution in [0.25, 0.3) is 0 Å². The molecule has 104 valence electrons. The van der Waals surface area contributed by atoms with Crippen molar-refractivity contribution in [1.82, 2.24) is 14.9 Å². The molecule has 2 aromatic heterocycles. The van der Waals surface area contributed by atoms with E-state index in [4.69, 9.17) is 0 Å². The summed E-state index contributed by atoms with van der Waals surface area (Å²) in [5.41, 5.74) is 2.43. The van der Waals surface area contributed by atoms with E-state index >= 15 is 0 Å². The number of carbonyl (C=O) groups is 1. The number of halogens is 1. The molecule has 0 saturated heterocycles. The number of pyridine rings is 2. The highest BCUT2D eigenvalue weighted by Crippen LogP contribution is 2.11. The highest BCUT2D eigenvalue weighted by atomic mass is 79.9. The summed E-state index contributed by atoms with van der Waals surface area (Å²) in [5.74, 6) is -0.0317. The van der Waals surface area contributed by atoms with Crippen molar-refractivity contribution in [1.29, 1.82) is 0 Å². The molecule has 0 bridgehead atoms. The summed E-state index contributed by atoms with van der Waals surface area (Å²) >= 11 is 3.26. The van der Waals surface area contributed by atoms with E-state index in [-0.39, 0.29) is 5.91 Å². The maximum atomic E-state index is 12.4. The van der Waals surface area contributed by atoms with Gasteiger partial charge >= 0.3 is 0 Å². The summed E-state index contributed by atoms with van der Waals surface area (Å²) in [6.07, 6.45) is 1.58. The molecule has 4 nitrogen and oxygen atoms in total. The number of rotatable bonds is 4. The van der Waals surface area contributed by atoms with E-state index in [2.05, 4.69) is 25.9 Å². The van der Waals surface area contributed by atoms with Crippen molar-refractivity contribution >= 4 is 21.8 Å². The van der Waals surface area contributed by atoms with Gasteiger partial charge in [-0.1, -0.05) is 6.07 Å². The van der Waals surface area contributed by atoms with Gasteiger partial charge in [-0.05, 0) is 54.0 Å². The molecule has 0 aliphatic heterocycles. The van der Waals surface area contributed by atoms with E-state index in [0.717, 1.165) is 16.0 Å². The van der Waals surface area contributed by atoms with Crippen LogP contribution in [-0.4, -0.2) is 27.3 Å². The Bertz CT molecular complexity index is 598. The maximum absolute atomic E-state index is 12.4. The molecule has 0 radical (unpaired) electrons. The molecule has 0 saturated carbocycles. The van der Waals surface area contributed by atoms with E-state index < -0.39 is 0 Å². The fourth-order valence-electron chi connectivity index (χ4n) is 1.90. The minimum absolute atomic E-state index is 0.0317. The highest BCUT2D eigenvalue weighted by Gasteiger charge is 2.15. The van der Waals surface area contributed by atoms with Crippen LogP contribution < -0.4 is 0 Å². The van der Waals surface area contributed by atoms with Crippen molar-refractivity contribution in [3.63, 3.8) is 0 Å². The third kappa shape index (κ3) is 3.63. The highest BCUT2D eigenvalue weighted by molar-refractivity contribution is 9.10. The average Bonchev–Trinajstić information content (AvgIpc) is 2.45. The first-order valence-corrected chi connectivity index (χ1v) is 7.23. The van der Waals surface area contributed by atoms with Crippen molar-refractivity contribution in [3.8, 4) is 0 Å². The van der Waals surface area contributed by atoms with Gasteiger partial charge in [-0.3, -0.25) is 9.78 Å². The van der Waals surface area contributed by atoms with Crippen LogP contribution in [0, 0.1) is 6.92 Å². The second-order valence-electron chi connectivity index (χ2n) is 4.46. The number of nitrogens with zero attached hydrogens (tertiary/aromatic N) is 3. The van der Waals surface area contributed by atoms with E-state index in [1.807, 2.05) is 32.0 Å². The van der Waals surface area contributed by atoms with Gasteiger partial charge in [-0.25, -0.2) is 4.98 Å². The zero-order valence-corrected chi connectivity index (χ0v) is 13.1. The molecule has 0 fully saturated rings. The van der Waals surface area contributed by atoms with Crippen LogP contribution >= 0.6 is 15.9 Å². The topological polar surface area (TPSA) is 46.1 Å². The standard InChI is InChI=1S/C15H16BrN3O/c1-3-19(10-13-6-4-5-11(2)18-13)15(20)12-7-8-14(16)17-9-12/h4-9H,3,10H2,1-2H3. The van der Waals surface area contributed by atoms with Crippen molar-refractivity contribution < 1.29 is 4.79 Å². The second-order valence-corrected chi connectivity index (χ2v) is 5.27. The second kappa shape index (κ2) is 6.61. The van der Waals surface area contributed by atoms with Crippen LogP contribution in [0.2, 0.25) is 0 Å². The van der Waals surface area contributed by atoms with Gasteiger partial charge in [0.2, 0.25) is 0 Å². The molecular formula is C15H16BrN3O. The molecule has 0 spiro atoms. The van der Waals surface area contributed by atoms with E-state index in [1.54, 1.807) is 23.2 Å². The van der Waals surface area contributed by atoms with Crippen LogP contribution in [0.15, 0.2) is 41.1 Å². The van der Waals surface area contributed by atoms with Gasteiger partial charge in [0.25, 0.3) is 5.91 Å². The molecule has 0 unspecified atom stereocenters. The van der Waals surface area contributed by atoms with E-state index in [1.165, 1.54) is 0 Å². The number of hydrogen-bond acceptors (Lipinski definition) is 3. The first-order chi connectivity index (χ1) is 9.60. The van der Waals surface area contributed by atoms with E-state index in [0.29, 0.717) is 18.7 Å². The van der Waals surface area contributed by atoms with Gasteiger partial charge < -0.3 is 4.90 Å². The Hall–Kier alpha value is -1.75. The summed E-state index contributed by atoms with van der Waals surface area (Å²) in [7, 11) is 0. The molecule has 2 heterocycles. The van der Waals surface area contributed by atoms with Gasteiger partial charge in [0, 0.05) is 18.4 Å². The minimum atomic E-state index is -0.0317. The van der Waals surface area contributed by atoms with Gasteiger partial charge in [-0.2, -0.15) is 0 Å². The molecule has 20 heavy (non-hydrogen) atoms. The van der Waals surface area contributed by atoms with Crippen LogP contribution in [0.3, 0.4) is 0 Å². The SMILES string of the molecule is CCN(Cc1cccc(C)n1)C(=O)c1ccc(Br)nc1. The first-order valence-electron chi connectivity index (χ1n) is 6.43. The van der Waals surface area contributed by atoms with E-state index in [9.17, 15) is 4.79 Å². The third-order valence-electron chi connectivity index (χ3n) is 2.94. The zero-order chi connectivity index (χ0) is 14.5. The van der Waals surface area contributed by atoms with Crippen LogP contribution in [0.4, 0.5) is 0 Å². The number of aryl methyl sites for hydroxylation is 1. The minimum Gasteiger partial charge on any atom is -0.333 e. The van der Waals surface area contributed by atoms with Gasteiger partial charge in [0.1, 0.15) is 4.60 Å². The number of carbonyl (C=O) groups excluding carboxylic acids is 1. The molecule has 0 aliphatic rings. The third-order valence-corrected chi connectivity index (χ3v) is 3.41.